The number of nitrogens with zero attached hydrogens (tertiary/aromatic N) is 4. The van der Waals surface area contributed by atoms with E-state index in [1.54, 1.807) is 42.6 Å². The molecule has 0 atom stereocenters. The standard InChI is InChI=1S/C16H14N4O.C15H17NO3/c17-15(21)16-18-11-20(19-16)10-12-6-8-14(9-7-12)13-4-2-1-3-5-13;1-15(2,18)8-6-11-4-5-13-12(10-11)16(3)14(17)7-9-19-13/h1-9,11H,10H2,(H2,17,21);4-5,10,18H,7,9H2,1-3H3. The van der Waals surface area contributed by atoms with Gasteiger partial charge in [-0.25, -0.2) is 9.67 Å². The van der Waals surface area contributed by atoms with Crippen molar-refractivity contribution >= 4 is 17.5 Å². The van der Waals surface area contributed by atoms with Gasteiger partial charge in [0, 0.05) is 12.6 Å². The van der Waals surface area contributed by atoms with Gasteiger partial charge < -0.3 is 20.5 Å². The third-order valence-electron chi connectivity index (χ3n) is 5.94. The number of rotatable bonds is 4. The van der Waals surface area contributed by atoms with Crippen LogP contribution in [0.5, 0.6) is 5.75 Å². The molecule has 0 spiro atoms. The molecule has 0 aliphatic carbocycles. The van der Waals surface area contributed by atoms with Crippen LogP contribution in [0.4, 0.5) is 5.69 Å². The number of benzene rings is 3. The number of hydrogen-bond donors (Lipinski definition) is 2. The average molecular weight is 538 g/mol. The summed E-state index contributed by atoms with van der Waals surface area (Å²) in [4.78, 5) is 28.2. The molecule has 5 rings (SSSR count). The lowest BCUT2D eigenvalue weighted by molar-refractivity contribution is -0.118. The van der Waals surface area contributed by atoms with Gasteiger partial charge in [0.1, 0.15) is 17.7 Å². The summed E-state index contributed by atoms with van der Waals surface area (Å²) >= 11 is 0. The Morgan fingerprint density at radius 3 is 2.42 bits per heavy atom. The molecule has 0 fully saturated rings. The molecule has 3 N–H and O–H groups in total. The fourth-order valence-corrected chi connectivity index (χ4v) is 3.86. The molecule has 1 aromatic heterocycles. The van der Waals surface area contributed by atoms with E-state index in [1.807, 2.05) is 36.4 Å². The summed E-state index contributed by atoms with van der Waals surface area (Å²) in [5, 5.41) is 13.6. The zero-order valence-corrected chi connectivity index (χ0v) is 22.7. The smallest absolute Gasteiger partial charge is 0.288 e. The first-order valence-electron chi connectivity index (χ1n) is 12.7. The Labute approximate surface area is 233 Å². The van der Waals surface area contributed by atoms with Crippen molar-refractivity contribution in [3.8, 4) is 28.7 Å². The molecule has 2 heterocycles. The number of hydrogen-bond acceptors (Lipinski definition) is 6. The molecule has 204 valence electrons. The van der Waals surface area contributed by atoms with E-state index in [4.69, 9.17) is 10.5 Å². The van der Waals surface area contributed by atoms with E-state index in [9.17, 15) is 14.7 Å². The van der Waals surface area contributed by atoms with Gasteiger partial charge in [-0.2, -0.15) is 0 Å². The van der Waals surface area contributed by atoms with Crippen LogP contribution in [0.3, 0.4) is 0 Å². The number of carbonyl (C=O) groups is 2. The van der Waals surface area contributed by atoms with E-state index in [-0.39, 0.29) is 11.7 Å². The summed E-state index contributed by atoms with van der Waals surface area (Å²) in [6, 6.07) is 23.8. The second kappa shape index (κ2) is 12.3. The van der Waals surface area contributed by atoms with Crippen molar-refractivity contribution in [2.24, 2.45) is 5.73 Å². The Morgan fingerprint density at radius 2 is 1.77 bits per heavy atom. The second-order valence-electron chi connectivity index (χ2n) is 9.74. The van der Waals surface area contributed by atoms with Crippen molar-refractivity contribution in [1.82, 2.24) is 14.8 Å². The Bertz CT molecular complexity index is 1540. The number of aromatic nitrogens is 3. The molecule has 9 nitrogen and oxygen atoms in total. The highest BCUT2D eigenvalue weighted by Crippen LogP contribution is 2.31. The molecule has 1 aliphatic heterocycles. The lowest BCUT2D eigenvalue weighted by atomic mass is 10.0. The summed E-state index contributed by atoms with van der Waals surface area (Å²) in [6.45, 7) is 4.20. The molecule has 1 aliphatic rings. The molecule has 9 heteroatoms. The number of amides is 2. The van der Waals surface area contributed by atoms with Crippen LogP contribution < -0.4 is 15.4 Å². The van der Waals surface area contributed by atoms with Gasteiger partial charge in [-0.15, -0.1) is 5.10 Å². The van der Waals surface area contributed by atoms with Gasteiger partial charge in [-0.05, 0) is 48.7 Å². The summed E-state index contributed by atoms with van der Waals surface area (Å²) in [6.07, 6.45) is 1.88. The largest absolute Gasteiger partial charge is 0.491 e. The Morgan fingerprint density at radius 1 is 1.07 bits per heavy atom. The van der Waals surface area contributed by atoms with E-state index >= 15 is 0 Å². The van der Waals surface area contributed by atoms with Gasteiger partial charge in [0.25, 0.3) is 5.91 Å². The summed E-state index contributed by atoms with van der Waals surface area (Å²) in [7, 11) is 1.73. The molecular formula is C31H31N5O4. The molecule has 0 unspecified atom stereocenters. The van der Waals surface area contributed by atoms with Crippen LogP contribution in [0.1, 0.15) is 42.0 Å². The van der Waals surface area contributed by atoms with Crippen LogP contribution >= 0.6 is 0 Å². The van der Waals surface area contributed by atoms with Crippen molar-refractivity contribution in [3.63, 3.8) is 0 Å². The predicted octanol–water partition coefficient (Wildman–Crippen LogP) is 3.65. The van der Waals surface area contributed by atoms with E-state index < -0.39 is 11.5 Å². The molecule has 0 bridgehead atoms. The second-order valence-corrected chi connectivity index (χ2v) is 9.74. The number of fused-ring (bicyclic) bond motifs is 1. The number of nitrogens with two attached hydrogens (primary N) is 1. The van der Waals surface area contributed by atoms with Crippen LogP contribution in [0, 0.1) is 11.8 Å². The quantitative estimate of drug-likeness (QED) is 0.383. The minimum atomic E-state index is -1.04. The zero-order valence-electron chi connectivity index (χ0n) is 22.7. The first-order valence-corrected chi connectivity index (χ1v) is 12.7. The van der Waals surface area contributed by atoms with E-state index in [1.165, 1.54) is 11.9 Å². The van der Waals surface area contributed by atoms with Gasteiger partial charge in [0.05, 0.1) is 25.3 Å². The van der Waals surface area contributed by atoms with Gasteiger partial charge in [0.15, 0.2) is 0 Å². The fourth-order valence-electron chi connectivity index (χ4n) is 3.86. The molecule has 0 saturated heterocycles. The van der Waals surface area contributed by atoms with Gasteiger partial charge in [-0.3, -0.25) is 9.59 Å². The highest BCUT2D eigenvalue weighted by atomic mass is 16.5. The maximum atomic E-state index is 11.8. The molecule has 0 radical (unpaired) electrons. The Balaban J connectivity index is 0.000000186. The molecule has 2 amide bonds. The van der Waals surface area contributed by atoms with Crippen molar-refractivity contribution in [3.05, 3.63) is 96.1 Å². The topological polar surface area (TPSA) is 124 Å². The maximum Gasteiger partial charge on any atom is 0.288 e. The van der Waals surface area contributed by atoms with Crippen LogP contribution in [-0.4, -0.2) is 50.9 Å². The highest BCUT2D eigenvalue weighted by Gasteiger charge is 2.20. The lowest BCUT2D eigenvalue weighted by Gasteiger charge is -2.16. The van der Waals surface area contributed by atoms with Gasteiger partial charge in [-0.1, -0.05) is 66.4 Å². The van der Waals surface area contributed by atoms with Gasteiger partial charge in [0.2, 0.25) is 11.7 Å². The van der Waals surface area contributed by atoms with Crippen LogP contribution in [0.25, 0.3) is 11.1 Å². The normalized spacial score (nSPS) is 12.6. The number of primary amides is 1. The first-order chi connectivity index (χ1) is 19.1. The average Bonchev–Trinajstić information content (AvgIpc) is 3.36. The summed E-state index contributed by atoms with van der Waals surface area (Å²) in [5.41, 5.74) is 8.97. The maximum absolute atomic E-state index is 11.8. The summed E-state index contributed by atoms with van der Waals surface area (Å²) in [5.74, 6) is 5.77. The van der Waals surface area contributed by atoms with Crippen LogP contribution in [0.15, 0.2) is 79.1 Å². The molecule has 40 heavy (non-hydrogen) atoms. The predicted molar refractivity (Wildman–Crippen MR) is 153 cm³/mol. The lowest BCUT2D eigenvalue weighted by Crippen LogP contribution is -2.25. The Kier molecular flexibility index (Phi) is 8.62. The number of aliphatic hydroxyl groups is 1. The summed E-state index contributed by atoms with van der Waals surface area (Å²) < 4.78 is 7.12. The first kappa shape index (κ1) is 28.1. The molecule has 4 aromatic rings. The van der Waals surface area contributed by atoms with E-state index in [0.29, 0.717) is 31.0 Å². The van der Waals surface area contributed by atoms with E-state index in [2.05, 4.69) is 46.2 Å². The zero-order chi connectivity index (χ0) is 28.7. The van der Waals surface area contributed by atoms with Crippen molar-refractivity contribution < 1.29 is 19.4 Å². The number of carbonyl (C=O) groups excluding carboxylic acids is 2. The molecule has 3 aromatic carbocycles. The van der Waals surface area contributed by atoms with E-state index in [0.717, 1.165) is 16.7 Å². The Hall–Kier alpha value is -4.94. The number of anilines is 1. The fraction of sp³-hybridized carbons (Fsp3) is 0.226. The molecule has 0 saturated carbocycles. The van der Waals surface area contributed by atoms with Crippen molar-refractivity contribution in [2.75, 3.05) is 18.6 Å². The third kappa shape index (κ3) is 7.56. The van der Waals surface area contributed by atoms with Crippen LogP contribution in [-0.2, 0) is 11.3 Å². The third-order valence-corrected chi connectivity index (χ3v) is 5.94. The van der Waals surface area contributed by atoms with Crippen LogP contribution in [0.2, 0.25) is 0 Å². The highest BCUT2D eigenvalue weighted by molar-refractivity contribution is 5.95. The van der Waals surface area contributed by atoms with Crippen molar-refractivity contribution in [2.45, 2.75) is 32.4 Å². The van der Waals surface area contributed by atoms with Gasteiger partial charge >= 0.3 is 0 Å². The SMILES string of the molecule is CN1C(=O)CCOc2ccc(C#CC(C)(C)O)cc21.NC(=O)c1ncn(Cc2ccc(-c3ccccc3)cc2)n1. The minimum Gasteiger partial charge on any atom is -0.491 e. The monoisotopic (exact) mass is 537 g/mol. The number of ether oxygens (including phenoxy) is 1. The minimum absolute atomic E-state index is 0.0198. The molecular weight excluding hydrogens is 506 g/mol. The van der Waals surface area contributed by atoms with Crippen molar-refractivity contribution in [1.29, 1.82) is 0 Å².